The van der Waals surface area contributed by atoms with E-state index in [1.807, 2.05) is 0 Å². The molecule has 0 unspecified atom stereocenters. The summed E-state index contributed by atoms with van der Waals surface area (Å²) in [5, 5.41) is 2.40. The Balaban J connectivity index is 0.767. The van der Waals surface area contributed by atoms with Crippen LogP contribution in [0.2, 0.25) is 0 Å². The largest absolute Gasteiger partial charge is 0.309 e. The zero-order valence-corrected chi connectivity index (χ0v) is 49.3. The lowest BCUT2D eigenvalue weighted by Crippen LogP contribution is -2.10. The van der Waals surface area contributed by atoms with Crippen LogP contribution in [0.3, 0.4) is 0 Å². The van der Waals surface area contributed by atoms with Crippen LogP contribution in [0.15, 0.2) is 340 Å². The number of nitrogens with zero attached hydrogens (tertiary/aromatic N) is 4. The molecule has 0 N–H and O–H groups in total. The lowest BCUT2D eigenvalue weighted by Gasteiger charge is -2.26. The fraction of sp³-hybridized carbons (Fsp3) is 0. The van der Waals surface area contributed by atoms with E-state index in [-0.39, 0.29) is 0 Å². The summed E-state index contributed by atoms with van der Waals surface area (Å²) in [6.07, 6.45) is 0. The molecule has 0 fully saturated rings. The van der Waals surface area contributed by atoms with Crippen LogP contribution in [0.5, 0.6) is 0 Å². The predicted molar refractivity (Wildman–Crippen MR) is 375 cm³/mol. The Kier molecular flexibility index (Phi) is 13.7. The molecule has 0 aliphatic rings. The van der Waals surface area contributed by atoms with E-state index in [4.69, 9.17) is 8.75 Å². The summed E-state index contributed by atoms with van der Waals surface area (Å²) in [6.45, 7) is 0. The van der Waals surface area contributed by atoms with Gasteiger partial charge in [-0.05, 0) is 186 Å². The molecule has 0 aliphatic heterocycles. The van der Waals surface area contributed by atoms with Crippen molar-refractivity contribution in [1.82, 2.24) is 13.3 Å². The summed E-state index contributed by atoms with van der Waals surface area (Å²) >= 11 is 1.25. The van der Waals surface area contributed by atoms with E-state index >= 15 is 0 Å². The van der Waals surface area contributed by atoms with Gasteiger partial charge in [-0.15, -0.1) is 0 Å². The van der Waals surface area contributed by atoms with Gasteiger partial charge in [-0.2, -0.15) is 8.75 Å². The standard InChI is InChI=1S/C84H56N4S/c1-6-16-57(17-7-1)62-26-30-65(31-27-62)69-40-49-80-78(55-69)79-56-70(66-32-28-63(29-33-66)58-18-8-2-9-19-58)41-50-81(79)88(80)76-46-38-68(39-47-76)77-48-51-82(84-83(77)85-89-86-84)87(74-42-34-64(35-43-74)59-20-10-3-11-21-59)75-44-36-67(37-45-75)73-53-71(60-22-12-4-13-23-60)52-72(54-73)61-24-14-5-15-25-61/h1-56H. The van der Waals surface area contributed by atoms with Gasteiger partial charge in [0.15, 0.2) is 0 Å². The summed E-state index contributed by atoms with van der Waals surface area (Å²) in [6, 6.07) is 123. The summed E-state index contributed by atoms with van der Waals surface area (Å²) in [7, 11) is 0. The highest BCUT2D eigenvalue weighted by Crippen LogP contribution is 2.44. The molecule has 0 saturated carbocycles. The number of aromatic nitrogens is 3. The SMILES string of the molecule is c1ccc(-c2ccc(-c3ccc4c(c3)c3cc(-c5ccc(-c6ccccc6)cc5)ccc3n4-c3ccc(-c4ccc(N(c5ccc(-c6ccccc6)cc5)c5ccc(-c6cc(-c7ccccc7)cc(-c7ccccc7)c6)cc5)c5nsnc45)cc3)cc2)cc1. The third kappa shape index (κ3) is 10.3. The molecular weight excluding hydrogens is 1100 g/mol. The Hall–Kier alpha value is -11.5. The van der Waals surface area contributed by atoms with Gasteiger partial charge in [0.05, 0.1) is 28.4 Å². The van der Waals surface area contributed by atoms with Crippen molar-refractivity contribution in [3.05, 3.63) is 340 Å². The highest BCUT2D eigenvalue weighted by molar-refractivity contribution is 7.00. The lowest BCUT2D eigenvalue weighted by atomic mass is 9.93. The first kappa shape index (κ1) is 53.0. The van der Waals surface area contributed by atoms with E-state index in [2.05, 4.69) is 349 Å². The first-order chi connectivity index (χ1) is 44.1. The molecule has 89 heavy (non-hydrogen) atoms. The van der Waals surface area contributed by atoms with Crippen molar-refractivity contribution in [2.75, 3.05) is 4.90 Å². The van der Waals surface area contributed by atoms with Crippen molar-refractivity contribution in [2.45, 2.75) is 0 Å². The maximum Gasteiger partial charge on any atom is 0.129 e. The Labute approximate surface area is 522 Å². The molecule has 16 aromatic rings. The van der Waals surface area contributed by atoms with Crippen LogP contribution in [-0.4, -0.2) is 13.3 Å². The van der Waals surface area contributed by atoms with Gasteiger partial charge in [-0.25, -0.2) is 0 Å². The maximum absolute atomic E-state index is 5.09. The third-order valence-electron chi connectivity index (χ3n) is 17.3. The molecule has 0 spiro atoms. The van der Waals surface area contributed by atoms with Crippen molar-refractivity contribution in [3.8, 4) is 106 Å². The molecule has 418 valence electrons. The minimum Gasteiger partial charge on any atom is -0.309 e. The zero-order valence-electron chi connectivity index (χ0n) is 48.5. The minimum absolute atomic E-state index is 0.842. The average molecular weight is 1150 g/mol. The number of fused-ring (bicyclic) bond motifs is 4. The van der Waals surface area contributed by atoms with Crippen molar-refractivity contribution >= 4 is 61.6 Å². The van der Waals surface area contributed by atoms with Crippen LogP contribution in [-0.2, 0) is 0 Å². The quantitative estimate of drug-likeness (QED) is 0.115. The second kappa shape index (κ2) is 23.1. The molecule has 14 aromatic carbocycles. The molecule has 2 heterocycles. The summed E-state index contributed by atoms with van der Waals surface area (Å²) in [5.41, 5.74) is 29.0. The molecule has 0 radical (unpaired) electrons. The second-order valence-corrected chi connectivity index (χ2v) is 23.2. The van der Waals surface area contributed by atoms with E-state index in [1.54, 1.807) is 0 Å². The Morgan fingerprint density at radius 1 is 0.236 bits per heavy atom. The van der Waals surface area contributed by atoms with Crippen molar-refractivity contribution in [2.24, 2.45) is 0 Å². The van der Waals surface area contributed by atoms with Crippen LogP contribution in [0.25, 0.3) is 139 Å². The van der Waals surface area contributed by atoms with E-state index in [0.29, 0.717) is 0 Å². The molecule has 0 amide bonds. The second-order valence-electron chi connectivity index (χ2n) is 22.7. The van der Waals surface area contributed by atoms with Gasteiger partial charge in [0.2, 0.25) is 0 Å². The van der Waals surface area contributed by atoms with Gasteiger partial charge in [-0.3, -0.25) is 0 Å². The molecule has 4 nitrogen and oxygen atoms in total. The molecule has 0 aliphatic carbocycles. The predicted octanol–water partition coefficient (Wildman–Crippen LogP) is 23.3. The Bertz CT molecular complexity index is 4960. The summed E-state index contributed by atoms with van der Waals surface area (Å²) in [5.74, 6) is 0. The van der Waals surface area contributed by atoms with Crippen LogP contribution in [0.4, 0.5) is 17.1 Å². The van der Waals surface area contributed by atoms with Crippen molar-refractivity contribution in [1.29, 1.82) is 0 Å². The summed E-state index contributed by atoms with van der Waals surface area (Å²) in [4.78, 5) is 2.32. The molecule has 0 saturated heterocycles. The van der Waals surface area contributed by atoms with Crippen molar-refractivity contribution < 1.29 is 0 Å². The first-order valence-corrected chi connectivity index (χ1v) is 30.9. The van der Waals surface area contributed by atoms with Crippen LogP contribution in [0.1, 0.15) is 0 Å². The topological polar surface area (TPSA) is 34.0 Å². The zero-order chi connectivity index (χ0) is 59.0. The summed E-state index contributed by atoms with van der Waals surface area (Å²) < 4.78 is 12.6. The van der Waals surface area contributed by atoms with E-state index in [1.165, 1.54) is 94.8 Å². The smallest absolute Gasteiger partial charge is 0.129 e. The van der Waals surface area contributed by atoms with Gasteiger partial charge in [0.1, 0.15) is 11.0 Å². The number of rotatable bonds is 13. The molecule has 2 aromatic heterocycles. The van der Waals surface area contributed by atoms with E-state index in [9.17, 15) is 0 Å². The van der Waals surface area contributed by atoms with E-state index < -0.39 is 0 Å². The van der Waals surface area contributed by atoms with Crippen LogP contribution in [0, 0.1) is 0 Å². The van der Waals surface area contributed by atoms with Crippen molar-refractivity contribution in [3.63, 3.8) is 0 Å². The molecule has 0 bridgehead atoms. The highest BCUT2D eigenvalue weighted by atomic mass is 32.1. The number of anilines is 3. The third-order valence-corrected chi connectivity index (χ3v) is 17.9. The molecule has 5 heteroatoms. The number of hydrogen-bond acceptors (Lipinski definition) is 4. The fourth-order valence-corrected chi connectivity index (χ4v) is 13.3. The molecular formula is C84H56N4S. The Morgan fingerprint density at radius 3 is 0.933 bits per heavy atom. The first-order valence-electron chi connectivity index (χ1n) is 30.2. The average Bonchev–Trinajstić information content (AvgIpc) is 1.76. The molecule has 0 atom stereocenters. The molecule has 16 rings (SSSR count). The normalized spacial score (nSPS) is 11.4. The van der Waals surface area contributed by atoms with Gasteiger partial charge in [0.25, 0.3) is 0 Å². The van der Waals surface area contributed by atoms with E-state index in [0.717, 1.165) is 72.6 Å². The minimum atomic E-state index is 0.842. The Morgan fingerprint density at radius 2 is 0.539 bits per heavy atom. The monoisotopic (exact) mass is 1150 g/mol. The fourth-order valence-electron chi connectivity index (χ4n) is 12.7. The van der Waals surface area contributed by atoms with Crippen LogP contribution < -0.4 is 4.90 Å². The highest BCUT2D eigenvalue weighted by Gasteiger charge is 2.22. The van der Waals surface area contributed by atoms with Gasteiger partial charge < -0.3 is 9.47 Å². The van der Waals surface area contributed by atoms with Gasteiger partial charge in [-0.1, -0.05) is 249 Å². The maximum atomic E-state index is 5.09. The lowest BCUT2D eigenvalue weighted by molar-refractivity contribution is 1.18. The number of benzene rings is 14. The number of hydrogen-bond donors (Lipinski definition) is 0. The van der Waals surface area contributed by atoms with Crippen LogP contribution >= 0.6 is 11.7 Å². The van der Waals surface area contributed by atoms with Gasteiger partial charge >= 0.3 is 0 Å². The van der Waals surface area contributed by atoms with Gasteiger partial charge in [0, 0.05) is 33.4 Å².